The van der Waals surface area contributed by atoms with Crippen LogP contribution in [-0.2, 0) is 4.74 Å². The lowest BCUT2D eigenvalue weighted by atomic mass is 10.0. The zero-order valence-electron chi connectivity index (χ0n) is 17.9. The first kappa shape index (κ1) is 20.1. The Morgan fingerprint density at radius 1 is 1.13 bits per heavy atom. The zero-order valence-corrected chi connectivity index (χ0v) is 17.9. The number of aromatic amines is 1. The fraction of sp³-hybridized carbons (Fsp3) is 0.391. The number of carbonyl (C=O) groups excluding carboxylic acids is 1. The summed E-state index contributed by atoms with van der Waals surface area (Å²) in [5, 5.41) is 1.07. The predicted octanol–water partition coefficient (Wildman–Crippen LogP) is 4.30. The van der Waals surface area contributed by atoms with Crippen molar-refractivity contribution in [3.63, 3.8) is 0 Å². The Morgan fingerprint density at radius 3 is 2.60 bits per heavy atom. The van der Waals surface area contributed by atoms with Crippen molar-refractivity contribution < 1.29 is 14.3 Å². The molecule has 0 saturated carbocycles. The molecule has 1 aliphatic rings. The van der Waals surface area contributed by atoms with Crippen molar-refractivity contribution in [3.05, 3.63) is 42.7 Å². The first-order valence-corrected chi connectivity index (χ1v) is 10.2. The van der Waals surface area contributed by atoms with E-state index < -0.39 is 5.60 Å². The minimum absolute atomic E-state index is 0.253. The molecule has 1 saturated heterocycles. The van der Waals surface area contributed by atoms with Gasteiger partial charge in [0.1, 0.15) is 17.0 Å². The maximum Gasteiger partial charge on any atom is 0.410 e. The molecule has 1 aromatic carbocycles. The molecule has 0 unspecified atom stereocenters. The van der Waals surface area contributed by atoms with E-state index in [4.69, 9.17) is 9.47 Å². The van der Waals surface area contributed by atoms with Gasteiger partial charge in [-0.2, -0.15) is 0 Å². The summed E-state index contributed by atoms with van der Waals surface area (Å²) in [6, 6.07) is 10.1. The Hall–Kier alpha value is -3.22. The van der Waals surface area contributed by atoms with E-state index in [9.17, 15) is 4.79 Å². The SMILES string of the molecule is COc1cccc(-c2cnc3[nH]ccc3c2N2CCN(C(=O)OC(C)(C)C)CC2)c1. The molecule has 1 N–H and O–H groups in total. The maximum atomic E-state index is 12.4. The molecule has 0 aliphatic carbocycles. The van der Waals surface area contributed by atoms with E-state index in [1.807, 2.05) is 51.4 Å². The van der Waals surface area contributed by atoms with Gasteiger partial charge >= 0.3 is 6.09 Å². The van der Waals surface area contributed by atoms with Crippen LogP contribution >= 0.6 is 0 Å². The average molecular weight is 409 g/mol. The highest BCUT2D eigenvalue weighted by molar-refractivity contribution is 5.99. The molecule has 3 heterocycles. The Balaban J connectivity index is 1.64. The first-order valence-electron chi connectivity index (χ1n) is 10.2. The lowest BCUT2D eigenvalue weighted by Crippen LogP contribution is -2.50. The third kappa shape index (κ3) is 4.06. The largest absolute Gasteiger partial charge is 0.497 e. The zero-order chi connectivity index (χ0) is 21.3. The van der Waals surface area contributed by atoms with Crippen LogP contribution in [0.15, 0.2) is 42.7 Å². The lowest BCUT2D eigenvalue weighted by molar-refractivity contribution is 0.0241. The fourth-order valence-electron chi connectivity index (χ4n) is 3.78. The van der Waals surface area contributed by atoms with Gasteiger partial charge in [0.2, 0.25) is 0 Å². The van der Waals surface area contributed by atoms with E-state index in [-0.39, 0.29) is 6.09 Å². The van der Waals surface area contributed by atoms with Crippen molar-refractivity contribution in [2.24, 2.45) is 0 Å². The molecule has 0 bridgehead atoms. The highest BCUT2D eigenvalue weighted by Crippen LogP contribution is 2.37. The molecule has 1 fully saturated rings. The van der Waals surface area contributed by atoms with E-state index in [0.717, 1.165) is 46.7 Å². The highest BCUT2D eigenvalue weighted by atomic mass is 16.6. The number of rotatable bonds is 3. The summed E-state index contributed by atoms with van der Waals surface area (Å²) in [5.41, 5.74) is 3.58. The summed E-state index contributed by atoms with van der Waals surface area (Å²) in [5.74, 6) is 0.808. The van der Waals surface area contributed by atoms with Gasteiger partial charge in [0.15, 0.2) is 0 Å². The summed E-state index contributed by atoms with van der Waals surface area (Å²) in [4.78, 5) is 24.4. The van der Waals surface area contributed by atoms with Gasteiger partial charge in [0, 0.05) is 49.5 Å². The van der Waals surface area contributed by atoms with Crippen molar-refractivity contribution >= 4 is 22.8 Å². The van der Waals surface area contributed by atoms with Crippen LogP contribution in [0.5, 0.6) is 5.75 Å². The van der Waals surface area contributed by atoms with E-state index in [2.05, 4.69) is 27.0 Å². The number of hydrogen-bond acceptors (Lipinski definition) is 5. The number of amides is 1. The number of pyridine rings is 1. The number of methoxy groups -OCH3 is 1. The van der Waals surface area contributed by atoms with Gasteiger partial charge in [0.25, 0.3) is 0 Å². The average Bonchev–Trinajstić information content (AvgIpc) is 3.21. The summed E-state index contributed by atoms with van der Waals surface area (Å²) in [7, 11) is 1.67. The van der Waals surface area contributed by atoms with Gasteiger partial charge in [-0.25, -0.2) is 9.78 Å². The molecule has 1 aliphatic heterocycles. The van der Waals surface area contributed by atoms with Gasteiger partial charge < -0.3 is 24.3 Å². The molecule has 0 spiro atoms. The van der Waals surface area contributed by atoms with Crippen LogP contribution in [0.1, 0.15) is 20.8 Å². The van der Waals surface area contributed by atoms with Crippen LogP contribution in [-0.4, -0.2) is 59.9 Å². The molecule has 0 atom stereocenters. The number of H-pyrrole nitrogens is 1. The van der Waals surface area contributed by atoms with Gasteiger partial charge in [-0.1, -0.05) is 12.1 Å². The standard InChI is InChI=1S/C23H28N4O3/c1-23(2,3)30-22(28)27-12-10-26(11-13-27)20-18-8-9-24-21(18)25-15-19(20)16-6-5-7-17(14-16)29-4/h5-9,14-15H,10-13H2,1-4H3,(H,24,25). The minimum atomic E-state index is -0.490. The smallest absolute Gasteiger partial charge is 0.410 e. The van der Waals surface area contributed by atoms with E-state index in [1.165, 1.54) is 0 Å². The quantitative estimate of drug-likeness (QED) is 0.700. The van der Waals surface area contributed by atoms with Gasteiger partial charge in [-0.05, 0) is 44.5 Å². The first-order chi connectivity index (χ1) is 14.4. The van der Waals surface area contributed by atoms with Crippen LogP contribution in [0.25, 0.3) is 22.2 Å². The van der Waals surface area contributed by atoms with Crippen LogP contribution in [0.3, 0.4) is 0 Å². The fourth-order valence-corrected chi connectivity index (χ4v) is 3.78. The normalized spacial score (nSPS) is 14.8. The second kappa shape index (κ2) is 7.89. The predicted molar refractivity (Wildman–Crippen MR) is 118 cm³/mol. The van der Waals surface area contributed by atoms with Gasteiger partial charge in [-0.15, -0.1) is 0 Å². The molecule has 7 heteroatoms. The number of benzene rings is 1. The van der Waals surface area contributed by atoms with Crippen LogP contribution in [0.4, 0.5) is 10.5 Å². The number of piperazine rings is 1. The van der Waals surface area contributed by atoms with Crippen LogP contribution < -0.4 is 9.64 Å². The number of aromatic nitrogens is 2. The molecule has 1 amide bonds. The van der Waals surface area contributed by atoms with E-state index >= 15 is 0 Å². The topological polar surface area (TPSA) is 70.7 Å². The second-order valence-corrected chi connectivity index (χ2v) is 8.45. The molecule has 4 rings (SSSR count). The number of nitrogens with zero attached hydrogens (tertiary/aromatic N) is 3. The van der Waals surface area contributed by atoms with Crippen molar-refractivity contribution in [1.82, 2.24) is 14.9 Å². The summed E-state index contributed by atoms with van der Waals surface area (Å²) >= 11 is 0. The van der Waals surface area contributed by atoms with Crippen LogP contribution in [0, 0.1) is 0 Å². The van der Waals surface area contributed by atoms with Crippen molar-refractivity contribution in [3.8, 4) is 16.9 Å². The number of hydrogen-bond donors (Lipinski definition) is 1. The minimum Gasteiger partial charge on any atom is -0.497 e. The number of ether oxygens (including phenoxy) is 2. The third-order valence-corrected chi connectivity index (χ3v) is 5.19. The monoisotopic (exact) mass is 408 g/mol. The van der Waals surface area contributed by atoms with E-state index in [0.29, 0.717) is 13.1 Å². The molecule has 3 aromatic rings. The lowest BCUT2D eigenvalue weighted by Gasteiger charge is -2.37. The van der Waals surface area contributed by atoms with Crippen LogP contribution in [0.2, 0.25) is 0 Å². The Morgan fingerprint density at radius 2 is 1.90 bits per heavy atom. The summed E-state index contributed by atoms with van der Waals surface area (Å²) < 4.78 is 11.0. The molecule has 158 valence electrons. The van der Waals surface area contributed by atoms with Gasteiger partial charge in [0.05, 0.1) is 12.8 Å². The third-order valence-electron chi connectivity index (χ3n) is 5.19. The number of carbonyl (C=O) groups is 1. The summed E-state index contributed by atoms with van der Waals surface area (Å²) in [6.45, 7) is 8.34. The number of fused-ring (bicyclic) bond motifs is 1. The van der Waals surface area contributed by atoms with Crippen molar-refractivity contribution in [1.29, 1.82) is 0 Å². The Kier molecular flexibility index (Phi) is 5.28. The molecule has 0 radical (unpaired) electrons. The molecule has 30 heavy (non-hydrogen) atoms. The van der Waals surface area contributed by atoms with Gasteiger partial charge in [-0.3, -0.25) is 0 Å². The molecule has 7 nitrogen and oxygen atoms in total. The Labute approximate surface area is 176 Å². The van der Waals surface area contributed by atoms with Crippen molar-refractivity contribution in [2.75, 3.05) is 38.2 Å². The number of anilines is 1. The molecule has 2 aromatic heterocycles. The summed E-state index contributed by atoms with van der Waals surface area (Å²) in [6.07, 6.45) is 3.56. The van der Waals surface area contributed by atoms with Crippen molar-refractivity contribution in [2.45, 2.75) is 26.4 Å². The Bertz CT molecular complexity index is 1050. The highest BCUT2D eigenvalue weighted by Gasteiger charge is 2.28. The second-order valence-electron chi connectivity index (χ2n) is 8.45. The van der Waals surface area contributed by atoms with E-state index in [1.54, 1.807) is 12.0 Å². The maximum absolute atomic E-state index is 12.4. The molecular formula is C23H28N4O3. The number of nitrogens with one attached hydrogen (secondary N) is 1. The molecular weight excluding hydrogens is 380 g/mol.